The summed E-state index contributed by atoms with van der Waals surface area (Å²) in [6.45, 7) is 8.96. The molecular weight excluding hydrogens is 498 g/mol. The molecule has 0 saturated heterocycles. The van der Waals surface area contributed by atoms with Gasteiger partial charge in [0.1, 0.15) is 12.6 Å². The number of hydrogen-bond donors (Lipinski definition) is 1. The van der Waals surface area contributed by atoms with Gasteiger partial charge in [0.2, 0.25) is 11.8 Å². The molecule has 0 aliphatic heterocycles. The molecule has 0 radical (unpaired) electrons. The van der Waals surface area contributed by atoms with Crippen LogP contribution < -0.4 is 9.62 Å². The molecule has 7 nitrogen and oxygen atoms in total. The van der Waals surface area contributed by atoms with Gasteiger partial charge in [0.25, 0.3) is 10.0 Å². The summed E-state index contributed by atoms with van der Waals surface area (Å²) in [5.41, 5.74) is 2.86. The Kier molecular flexibility index (Phi) is 9.69. The summed E-state index contributed by atoms with van der Waals surface area (Å²) in [5, 5.41) is 2.94. The van der Waals surface area contributed by atoms with E-state index in [1.165, 1.54) is 17.0 Å². The SMILES string of the molecule is CC[C@@H](C)NC(=O)[C@H](C)N(Cc1ccccc1)C(=O)CN(c1cc(C)ccc1C)S(=O)(=O)c1ccccc1. The van der Waals surface area contributed by atoms with Crippen LogP contribution in [0.5, 0.6) is 0 Å². The summed E-state index contributed by atoms with van der Waals surface area (Å²) >= 11 is 0. The van der Waals surface area contributed by atoms with E-state index < -0.39 is 28.5 Å². The van der Waals surface area contributed by atoms with E-state index in [0.29, 0.717) is 5.69 Å². The van der Waals surface area contributed by atoms with E-state index in [1.54, 1.807) is 31.2 Å². The van der Waals surface area contributed by atoms with Crippen LogP contribution in [0, 0.1) is 13.8 Å². The Morgan fingerprint density at radius 2 is 1.50 bits per heavy atom. The van der Waals surface area contributed by atoms with Gasteiger partial charge in [-0.1, -0.05) is 67.6 Å². The fraction of sp³-hybridized carbons (Fsp3) is 0.333. The van der Waals surface area contributed by atoms with Gasteiger partial charge in [-0.3, -0.25) is 13.9 Å². The molecule has 0 heterocycles. The number of nitrogens with zero attached hydrogens (tertiary/aromatic N) is 2. The summed E-state index contributed by atoms with van der Waals surface area (Å²) in [6, 6.07) is 22.1. The van der Waals surface area contributed by atoms with Crippen molar-refractivity contribution >= 4 is 27.5 Å². The number of sulfonamides is 1. The topological polar surface area (TPSA) is 86.8 Å². The Balaban J connectivity index is 2.04. The van der Waals surface area contributed by atoms with Crippen molar-refractivity contribution in [2.75, 3.05) is 10.8 Å². The van der Waals surface area contributed by atoms with Gasteiger partial charge in [0, 0.05) is 12.6 Å². The minimum absolute atomic E-state index is 0.0523. The molecule has 202 valence electrons. The summed E-state index contributed by atoms with van der Waals surface area (Å²) < 4.78 is 28.9. The molecule has 0 aliphatic carbocycles. The lowest BCUT2D eigenvalue weighted by atomic mass is 10.1. The van der Waals surface area contributed by atoms with Crippen molar-refractivity contribution in [1.82, 2.24) is 10.2 Å². The van der Waals surface area contributed by atoms with Crippen LogP contribution in [-0.4, -0.2) is 43.8 Å². The first-order valence-corrected chi connectivity index (χ1v) is 14.3. The monoisotopic (exact) mass is 535 g/mol. The molecule has 0 aliphatic rings. The first kappa shape index (κ1) is 28.9. The fourth-order valence-corrected chi connectivity index (χ4v) is 5.54. The van der Waals surface area contributed by atoms with Gasteiger partial charge in [0.15, 0.2) is 0 Å². The van der Waals surface area contributed by atoms with Gasteiger partial charge in [-0.05, 0) is 69.0 Å². The molecule has 3 aromatic rings. The summed E-state index contributed by atoms with van der Waals surface area (Å²) in [5.74, 6) is -0.756. The second-order valence-corrected chi connectivity index (χ2v) is 11.5. The van der Waals surface area contributed by atoms with E-state index >= 15 is 0 Å². The highest BCUT2D eigenvalue weighted by Crippen LogP contribution is 2.28. The summed E-state index contributed by atoms with van der Waals surface area (Å²) in [4.78, 5) is 28.6. The molecule has 0 fully saturated rings. The molecule has 8 heteroatoms. The predicted molar refractivity (Wildman–Crippen MR) is 151 cm³/mol. The van der Waals surface area contributed by atoms with Crippen LogP contribution in [0.15, 0.2) is 83.8 Å². The maximum Gasteiger partial charge on any atom is 0.264 e. The Labute approximate surface area is 226 Å². The van der Waals surface area contributed by atoms with Crippen molar-refractivity contribution in [3.8, 4) is 0 Å². The lowest BCUT2D eigenvalue weighted by Crippen LogP contribution is -2.52. The van der Waals surface area contributed by atoms with Gasteiger partial charge < -0.3 is 10.2 Å². The highest BCUT2D eigenvalue weighted by atomic mass is 32.2. The van der Waals surface area contributed by atoms with Gasteiger partial charge in [-0.15, -0.1) is 0 Å². The van der Waals surface area contributed by atoms with Gasteiger partial charge in [-0.25, -0.2) is 8.42 Å². The van der Waals surface area contributed by atoms with Crippen molar-refractivity contribution in [2.24, 2.45) is 0 Å². The molecule has 2 atom stereocenters. The molecule has 3 aromatic carbocycles. The molecule has 2 amide bonds. The maximum absolute atomic E-state index is 13.9. The molecule has 0 saturated carbocycles. The summed E-state index contributed by atoms with van der Waals surface area (Å²) in [7, 11) is -4.08. The normalized spacial score (nSPS) is 12.9. The van der Waals surface area contributed by atoms with Gasteiger partial charge in [0.05, 0.1) is 10.6 Å². The van der Waals surface area contributed by atoms with Gasteiger partial charge in [-0.2, -0.15) is 0 Å². The number of rotatable bonds is 11. The van der Waals surface area contributed by atoms with Crippen molar-refractivity contribution < 1.29 is 18.0 Å². The highest BCUT2D eigenvalue weighted by Gasteiger charge is 2.33. The minimum atomic E-state index is -4.08. The van der Waals surface area contributed by atoms with E-state index in [0.717, 1.165) is 27.4 Å². The van der Waals surface area contributed by atoms with Crippen LogP contribution in [0.4, 0.5) is 5.69 Å². The number of carbonyl (C=O) groups excluding carboxylic acids is 2. The third-order valence-electron chi connectivity index (χ3n) is 6.61. The van der Waals surface area contributed by atoms with Crippen molar-refractivity contribution in [3.05, 3.63) is 95.6 Å². The number of nitrogens with one attached hydrogen (secondary N) is 1. The Hall–Kier alpha value is -3.65. The predicted octanol–water partition coefficient (Wildman–Crippen LogP) is 4.83. The average Bonchev–Trinajstić information content (AvgIpc) is 2.92. The zero-order valence-electron chi connectivity index (χ0n) is 22.7. The first-order valence-electron chi connectivity index (χ1n) is 12.8. The molecule has 1 N–H and O–H groups in total. The zero-order valence-corrected chi connectivity index (χ0v) is 23.5. The zero-order chi connectivity index (χ0) is 27.9. The molecule has 3 rings (SSSR count). The standard InChI is InChI=1S/C30H37N3O4S/c1-6-24(4)31-30(35)25(5)32(20-26-13-9-7-10-14-26)29(34)21-33(28-19-22(2)17-18-23(28)3)38(36,37)27-15-11-8-12-16-27/h7-19,24-25H,6,20-21H2,1-5H3,(H,31,35)/t24-,25+/m1/s1. The van der Waals surface area contributed by atoms with Crippen LogP contribution in [0.1, 0.15) is 43.9 Å². The van der Waals surface area contributed by atoms with Crippen LogP contribution in [-0.2, 0) is 26.2 Å². The quantitative estimate of drug-likeness (QED) is 0.381. The first-order chi connectivity index (χ1) is 18.0. The Bertz CT molecular complexity index is 1340. The second-order valence-electron chi connectivity index (χ2n) is 9.62. The van der Waals surface area contributed by atoms with Gasteiger partial charge >= 0.3 is 0 Å². The molecule has 0 bridgehead atoms. The maximum atomic E-state index is 13.9. The van der Waals surface area contributed by atoms with Crippen LogP contribution >= 0.6 is 0 Å². The molecular formula is C30H37N3O4S. The fourth-order valence-electron chi connectivity index (χ4n) is 4.05. The third-order valence-corrected chi connectivity index (χ3v) is 8.38. The van der Waals surface area contributed by atoms with Crippen LogP contribution in [0.25, 0.3) is 0 Å². The molecule has 0 unspecified atom stereocenters. The third kappa shape index (κ3) is 7.01. The largest absolute Gasteiger partial charge is 0.352 e. The van der Waals surface area contributed by atoms with Crippen molar-refractivity contribution in [2.45, 2.75) is 64.6 Å². The highest BCUT2D eigenvalue weighted by molar-refractivity contribution is 7.92. The molecule has 0 spiro atoms. The number of hydrogen-bond acceptors (Lipinski definition) is 4. The smallest absolute Gasteiger partial charge is 0.264 e. The number of amides is 2. The number of benzene rings is 3. The lowest BCUT2D eigenvalue weighted by molar-refractivity contribution is -0.139. The van der Waals surface area contributed by atoms with Crippen LogP contribution in [0.2, 0.25) is 0 Å². The van der Waals surface area contributed by atoms with E-state index in [9.17, 15) is 18.0 Å². The molecule has 0 aromatic heterocycles. The van der Waals surface area contributed by atoms with E-state index in [2.05, 4.69) is 5.32 Å². The van der Waals surface area contributed by atoms with E-state index in [4.69, 9.17) is 0 Å². The van der Waals surface area contributed by atoms with Crippen molar-refractivity contribution in [3.63, 3.8) is 0 Å². The Morgan fingerprint density at radius 1 is 0.895 bits per heavy atom. The average molecular weight is 536 g/mol. The Morgan fingerprint density at radius 3 is 2.11 bits per heavy atom. The second kappa shape index (κ2) is 12.7. The van der Waals surface area contributed by atoms with Crippen LogP contribution in [0.3, 0.4) is 0 Å². The molecule has 38 heavy (non-hydrogen) atoms. The van der Waals surface area contributed by atoms with Crippen molar-refractivity contribution in [1.29, 1.82) is 0 Å². The summed E-state index contributed by atoms with van der Waals surface area (Å²) in [6.07, 6.45) is 0.751. The number of carbonyl (C=O) groups is 2. The minimum Gasteiger partial charge on any atom is -0.352 e. The van der Waals surface area contributed by atoms with E-state index in [1.807, 2.05) is 70.2 Å². The number of anilines is 1. The number of aryl methyl sites for hydroxylation is 2. The lowest BCUT2D eigenvalue weighted by Gasteiger charge is -2.33. The van der Waals surface area contributed by atoms with E-state index in [-0.39, 0.29) is 23.4 Å².